The highest BCUT2D eigenvalue weighted by Crippen LogP contribution is 2.08. The Labute approximate surface area is 74.9 Å². The lowest BCUT2D eigenvalue weighted by molar-refractivity contribution is -0.142. The van der Waals surface area contributed by atoms with Crippen LogP contribution in [0.25, 0.3) is 0 Å². The highest BCUT2D eigenvalue weighted by Gasteiger charge is 2.25. The molecule has 1 aliphatic rings. The Hall–Kier alpha value is -1.14. The number of hydrogen-bond donors (Lipinski definition) is 4. The lowest BCUT2D eigenvalue weighted by Crippen LogP contribution is -2.50. The summed E-state index contributed by atoms with van der Waals surface area (Å²) in [4.78, 5) is 21.1. The average molecular weight is 188 g/mol. The molecule has 1 heterocycles. The zero-order chi connectivity index (χ0) is 9.84. The minimum Gasteiger partial charge on any atom is -0.480 e. The minimum atomic E-state index is -0.960. The number of carboxylic acid groups (broad SMARTS) is 2. The van der Waals surface area contributed by atoms with Crippen LogP contribution in [0.1, 0.15) is 19.3 Å². The van der Waals surface area contributed by atoms with Crippen LogP contribution in [0, 0.1) is 0 Å². The third kappa shape index (κ3) is 2.67. The van der Waals surface area contributed by atoms with Gasteiger partial charge in [-0.05, 0) is 19.3 Å². The second kappa shape index (κ2) is 4.20. The molecular formula is C7H12N2O4. The van der Waals surface area contributed by atoms with Crippen LogP contribution in [0.3, 0.4) is 0 Å². The molecule has 1 saturated heterocycles. The summed E-state index contributed by atoms with van der Waals surface area (Å²) in [5.41, 5.74) is 4.96. The summed E-state index contributed by atoms with van der Waals surface area (Å²) >= 11 is 0. The molecule has 74 valence electrons. The van der Waals surface area contributed by atoms with Crippen molar-refractivity contribution in [3.05, 3.63) is 0 Å². The molecule has 0 aromatic heterocycles. The van der Waals surface area contributed by atoms with Crippen LogP contribution in [0.2, 0.25) is 0 Å². The van der Waals surface area contributed by atoms with Gasteiger partial charge in [0.25, 0.3) is 0 Å². The first kappa shape index (κ1) is 9.94. The summed E-state index contributed by atoms with van der Waals surface area (Å²) in [6.07, 6.45) is 1.49. The summed E-state index contributed by atoms with van der Waals surface area (Å²) in [5.74, 6) is -1.92. The molecule has 1 aliphatic heterocycles. The van der Waals surface area contributed by atoms with Crippen molar-refractivity contribution >= 4 is 11.9 Å². The highest BCUT2D eigenvalue weighted by atomic mass is 16.4. The van der Waals surface area contributed by atoms with Crippen molar-refractivity contribution in [2.24, 2.45) is 0 Å². The molecule has 0 bridgehead atoms. The summed E-state index contributed by atoms with van der Waals surface area (Å²) in [6.45, 7) is 0. The van der Waals surface area contributed by atoms with Gasteiger partial charge in [0.1, 0.15) is 12.1 Å². The maximum atomic E-state index is 10.5. The first-order valence-corrected chi connectivity index (χ1v) is 4.08. The first-order valence-electron chi connectivity index (χ1n) is 4.08. The van der Waals surface area contributed by atoms with Gasteiger partial charge >= 0.3 is 11.9 Å². The monoisotopic (exact) mass is 188 g/mol. The topological polar surface area (TPSA) is 98.7 Å². The van der Waals surface area contributed by atoms with Crippen LogP contribution in [0.4, 0.5) is 0 Å². The van der Waals surface area contributed by atoms with Crippen LogP contribution in [-0.4, -0.2) is 34.2 Å². The number of rotatable bonds is 2. The molecule has 2 atom stereocenters. The molecule has 0 aromatic rings. The van der Waals surface area contributed by atoms with Gasteiger partial charge in [-0.15, -0.1) is 0 Å². The molecule has 0 saturated carbocycles. The van der Waals surface area contributed by atoms with E-state index in [-0.39, 0.29) is 0 Å². The Morgan fingerprint density at radius 1 is 1.00 bits per heavy atom. The van der Waals surface area contributed by atoms with Crippen LogP contribution >= 0.6 is 0 Å². The lowest BCUT2D eigenvalue weighted by Gasteiger charge is -2.12. The van der Waals surface area contributed by atoms with Crippen molar-refractivity contribution in [2.75, 3.05) is 0 Å². The Morgan fingerprint density at radius 2 is 1.38 bits per heavy atom. The minimum absolute atomic E-state index is 0.451. The van der Waals surface area contributed by atoms with Gasteiger partial charge in [0.05, 0.1) is 0 Å². The van der Waals surface area contributed by atoms with Gasteiger partial charge in [-0.25, -0.2) is 10.9 Å². The summed E-state index contributed by atoms with van der Waals surface area (Å²) in [7, 11) is 0. The lowest BCUT2D eigenvalue weighted by atomic mass is 10.1. The molecule has 6 heteroatoms. The van der Waals surface area contributed by atoms with Gasteiger partial charge in [-0.1, -0.05) is 0 Å². The SMILES string of the molecule is O=C(O)C1CCCC(C(=O)O)NN1. The van der Waals surface area contributed by atoms with Crippen molar-refractivity contribution in [2.45, 2.75) is 31.3 Å². The molecular weight excluding hydrogens is 176 g/mol. The van der Waals surface area contributed by atoms with Crippen molar-refractivity contribution in [1.29, 1.82) is 0 Å². The molecule has 0 radical (unpaired) electrons. The van der Waals surface area contributed by atoms with Gasteiger partial charge in [-0.3, -0.25) is 9.59 Å². The Bertz CT molecular complexity index is 197. The maximum absolute atomic E-state index is 10.5. The van der Waals surface area contributed by atoms with Crippen LogP contribution < -0.4 is 10.9 Å². The van der Waals surface area contributed by atoms with E-state index in [9.17, 15) is 9.59 Å². The average Bonchev–Trinajstić information content (AvgIpc) is 2.27. The zero-order valence-electron chi connectivity index (χ0n) is 6.99. The Balaban J connectivity index is 2.48. The van der Waals surface area contributed by atoms with Crippen molar-refractivity contribution in [1.82, 2.24) is 10.9 Å². The van der Waals surface area contributed by atoms with Gasteiger partial charge < -0.3 is 10.2 Å². The molecule has 0 amide bonds. The largest absolute Gasteiger partial charge is 0.480 e. The van der Waals surface area contributed by atoms with E-state index in [0.717, 1.165) is 0 Å². The normalized spacial score (nSPS) is 29.2. The Morgan fingerprint density at radius 3 is 1.69 bits per heavy atom. The molecule has 0 aromatic carbocycles. The molecule has 2 unspecified atom stereocenters. The van der Waals surface area contributed by atoms with Crippen molar-refractivity contribution in [3.8, 4) is 0 Å². The quantitative estimate of drug-likeness (QED) is 0.451. The number of hydrazine groups is 1. The fraction of sp³-hybridized carbons (Fsp3) is 0.714. The second-order valence-electron chi connectivity index (χ2n) is 3.00. The summed E-state index contributed by atoms with van der Waals surface area (Å²) < 4.78 is 0. The van der Waals surface area contributed by atoms with E-state index in [2.05, 4.69) is 10.9 Å². The molecule has 1 rings (SSSR count). The zero-order valence-corrected chi connectivity index (χ0v) is 6.99. The predicted molar refractivity (Wildman–Crippen MR) is 43.0 cm³/mol. The molecule has 13 heavy (non-hydrogen) atoms. The van der Waals surface area contributed by atoms with Gasteiger partial charge in [0.15, 0.2) is 0 Å². The van der Waals surface area contributed by atoms with Gasteiger partial charge in [0, 0.05) is 0 Å². The summed E-state index contributed by atoms with van der Waals surface area (Å²) in [5, 5.41) is 17.3. The van der Waals surface area contributed by atoms with Gasteiger partial charge in [0.2, 0.25) is 0 Å². The maximum Gasteiger partial charge on any atom is 0.322 e. The van der Waals surface area contributed by atoms with E-state index in [0.29, 0.717) is 19.3 Å². The van der Waals surface area contributed by atoms with E-state index in [1.54, 1.807) is 0 Å². The number of aliphatic carboxylic acids is 2. The molecule has 6 nitrogen and oxygen atoms in total. The number of carboxylic acids is 2. The number of hydrogen-bond acceptors (Lipinski definition) is 4. The van der Waals surface area contributed by atoms with E-state index >= 15 is 0 Å². The fourth-order valence-corrected chi connectivity index (χ4v) is 1.24. The molecule has 0 spiro atoms. The fourth-order valence-electron chi connectivity index (χ4n) is 1.24. The van der Waals surface area contributed by atoms with Crippen LogP contribution in [0.5, 0.6) is 0 Å². The first-order chi connectivity index (χ1) is 6.11. The number of nitrogens with one attached hydrogen (secondary N) is 2. The van der Waals surface area contributed by atoms with Crippen molar-refractivity contribution in [3.63, 3.8) is 0 Å². The second-order valence-corrected chi connectivity index (χ2v) is 3.00. The van der Waals surface area contributed by atoms with E-state index < -0.39 is 24.0 Å². The predicted octanol–water partition coefficient (Wildman–Crippen LogP) is -0.829. The molecule has 1 fully saturated rings. The van der Waals surface area contributed by atoms with Gasteiger partial charge in [-0.2, -0.15) is 0 Å². The molecule has 0 aliphatic carbocycles. The van der Waals surface area contributed by atoms with Crippen LogP contribution in [-0.2, 0) is 9.59 Å². The van der Waals surface area contributed by atoms with E-state index in [1.807, 2.05) is 0 Å². The Kier molecular flexibility index (Phi) is 3.21. The summed E-state index contributed by atoms with van der Waals surface area (Å²) in [6, 6.07) is -1.38. The number of carbonyl (C=O) groups is 2. The third-order valence-electron chi connectivity index (χ3n) is 2.01. The third-order valence-corrected chi connectivity index (χ3v) is 2.01. The standard InChI is InChI=1S/C7H12N2O4/c10-6(11)4-2-1-3-5(7(12)13)9-8-4/h4-5,8-9H,1-3H2,(H,10,11)(H,12,13). The smallest absolute Gasteiger partial charge is 0.322 e. The van der Waals surface area contributed by atoms with Crippen molar-refractivity contribution < 1.29 is 19.8 Å². The van der Waals surface area contributed by atoms with Crippen LogP contribution in [0.15, 0.2) is 0 Å². The van der Waals surface area contributed by atoms with E-state index in [1.165, 1.54) is 0 Å². The van der Waals surface area contributed by atoms with E-state index in [4.69, 9.17) is 10.2 Å². The molecule has 4 N–H and O–H groups in total. The highest BCUT2D eigenvalue weighted by molar-refractivity contribution is 5.75.